The molecular weight excluding hydrogens is 280 g/mol. The number of benzene rings is 1. The number of halogens is 1. The molecule has 7 heteroatoms. The first-order valence-corrected chi connectivity index (χ1v) is 6.22. The van der Waals surface area contributed by atoms with Crippen molar-refractivity contribution in [3.8, 4) is 0 Å². The van der Waals surface area contributed by atoms with Gasteiger partial charge in [0, 0.05) is 20.2 Å². The fraction of sp³-hybridized carbons (Fsp3) is 0.154. The standard InChI is InChI=1S/C13H13ClN4O2/c1-15-13(20)10-7-11(18(2)17-10)16-12(19)8-5-3-4-6-9(8)14/h3-7H,1-2H3,(H,15,20)(H,16,19). The summed E-state index contributed by atoms with van der Waals surface area (Å²) in [6, 6.07) is 8.21. The number of anilines is 1. The van der Waals surface area contributed by atoms with Gasteiger partial charge in [-0.25, -0.2) is 0 Å². The highest BCUT2D eigenvalue weighted by molar-refractivity contribution is 6.34. The van der Waals surface area contributed by atoms with Crippen molar-refractivity contribution < 1.29 is 9.59 Å². The van der Waals surface area contributed by atoms with Crippen molar-refractivity contribution in [2.45, 2.75) is 0 Å². The predicted octanol–water partition coefficient (Wildman–Crippen LogP) is 1.69. The summed E-state index contributed by atoms with van der Waals surface area (Å²) >= 11 is 5.96. The summed E-state index contributed by atoms with van der Waals surface area (Å²) in [5.41, 5.74) is 0.585. The van der Waals surface area contributed by atoms with Crippen LogP contribution in [0, 0.1) is 0 Å². The summed E-state index contributed by atoms with van der Waals surface area (Å²) in [7, 11) is 3.15. The highest BCUT2D eigenvalue weighted by Crippen LogP contribution is 2.17. The van der Waals surface area contributed by atoms with Crippen LogP contribution in [-0.4, -0.2) is 28.6 Å². The van der Waals surface area contributed by atoms with Crippen molar-refractivity contribution in [3.05, 3.63) is 46.6 Å². The van der Waals surface area contributed by atoms with Gasteiger partial charge in [-0.2, -0.15) is 5.10 Å². The predicted molar refractivity (Wildman–Crippen MR) is 76.0 cm³/mol. The van der Waals surface area contributed by atoms with Crippen LogP contribution in [0.25, 0.3) is 0 Å². The first-order valence-electron chi connectivity index (χ1n) is 5.85. The topological polar surface area (TPSA) is 76.0 Å². The van der Waals surface area contributed by atoms with Gasteiger partial charge in [0.25, 0.3) is 11.8 Å². The molecule has 1 aromatic carbocycles. The Morgan fingerprint density at radius 2 is 1.95 bits per heavy atom. The van der Waals surface area contributed by atoms with E-state index in [0.717, 1.165) is 0 Å². The second-order valence-corrected chi connectivity index (χ2v) is 4.46. The van der Waals surface area contributed by atoms with Gasteiger partial charge >= 0.3 is 0 Å². The van der Waals surface area contributed by atoms with E-state index >= 15 is 0 Å². The number of hydrogen-bond donors (Lipinski definition) is 2. The molecule has 20 heavy (non-hydrogen) atoms. The van der Waals surface area contributed by atoms with Crippen molar-refractivity contribution in [3.63, 3.8) is 0 Å². The van der Waals surface area contributed by atoms with Gasteiger partial charge in [-0.05, 0) is 12.1 Å². The molecule has 104 valence electrons. The highest BCUT2D eigenvalue weighted by atomic mass is 35.5. The molecule has 2 N–H and O–H groups in total. The van der Waals surface area contributed by atoms with Crippen molar-refractivity contribution in [2.75, 3.05) is 12.4 Å². The number of hydrogen-bond acceptors (Lipinski definition) is 3. The maximum atomic E-state index is 12.1. The van der Waals surface area contributed by atoms with Gasteiger partial charge in [-0.1, -0.05) is 23.7 Å². The maximum absolute atomic E-state index is 12.1. The van der Waals surface area contributed by atoms with E-state index in [9.17, 15) is 9.59 Å². The molecule has 2 rings (SSSR count). The van der Waals surface area contributed by atoms with Crippen LogP contribution in [0.3, 0.4) is 0 Å². The van der Waals surface area contributed by atoms with E-state index in [1.165, 1.54) is 17.8 Å². The lowest BCUT2D eigenvalue weighted by Gasteiger charge is -2.06. The molecule has 0 saturated heterocycles. The van der Waals surface area contributed by atoms with Gasteiger partial charge in [-0.3, -0.25) is 14.3 Å². The summed E-state index contributed by atoms with van der Waals surface area (Å²) in [5.74, 6) is -0.269. The van der Waals surface area contributed by atoms with Crippen LogP contribution in [0.4, 0.5) is 5.82 Å². The molecule has 0 bridgehead atoms. The normalized spacial score (nSPS) is 10.2. The molecule has 0 atom stereocenters. The summed E-state index contributed by atoms with van der Waals surface area (Å²) in [4.78, 5) is 23.6. The summed E-state index contributed by atoms with van der Waals surface area (Å²) in [6.45, 7) is 0. The Morgan fingerprint density at radius 3 is 2.60 bits per heavy atom. The van der Waals surface area contributed by atoms with Crippen molar-refractivity contribution in [2.24, 2.45) is 7.05 Å². The molecule has 1 aromatic heterocycles. The average Bonchev–Trinajstić information content (AvgIpc) is 2.79. The van der Waals surface area contributed by atoms with Crippen LogP contribution in [0.1, 0.15) is 20.8 Å². The Kier molecular flexibility index (Phi) is 4.05. The van der Waals surface area contributed by atoms with Gasteiger partial charge in [-0.15, -0.1) is 0 Å². The Morgan fingerprint density at radius 1 is 1.25 bits per heavy atom. The second-order valence-electron chi connectivity index (χ2n) is 4.05. The zero-order chi connectivity index (χ0) is 14.7. The summed E-state index contributed by atoms with van der Waals surface area (Å²) in [6.07, 6.45) is 0. The zero-order valence-electron chi connectivity index (χ0n) is 11.0. The molecule has 0 aliphatic carbocycles. The molecule has 0 fully saturated rings. The molecular formula is C13H13ClN4O2. The van der Waals surface area contributed by atoms with Crippen molar-refractivity contribution in [1.82, 2.24) is 15.1 Å². The fourth-order valence-corrected chi connectivity index (χ4v) is 1.87. The third-order valence-corrected chi connectivity index (χ3v) is 3.03. The lowest BCUT2D eigenvalue weighted by molar-refractivity contribution is 0.0956. The first-order chi connectivity index (χ1) is 9.52. The first kappa shape index (κ1) is 14.1. The highest BCUT2D eigenvalue weighted by Gasteiger charge is 2.15. The van der Waals surface area contributed by atoms with E-state index in [-0.39, 0.29) is 17.5 Å². The molecule has 0 saturated carbocycles. The van der Waals surface area contributed by atoms with Crippen LogP contribution in [0.2, 0.25) is 5.02 Å². The Hall–Kier alpha value is -2.34. The number of aryl methyl sites for hydroxylation is 1. The van der Waals surface area contributed by atoms with Crippen LogP contribution < -0.4 is 10.6 Å². The monoisotopic (exact) mass is 292 g/mol. The summed E-state index contributed by atoms with van der Waals surface area (Å²) < 4.78 is 1.42. The minimum absolute atomic E-state index is 0.226. The minimum Gasteiger partial charge on any atom is -0.354 e. The van der Waals surface area contributed by atoms with Crippen LogP contribution in [0.5, 0.6) is 0 Å². The molecule has 0 spiro atoms. The van der Waals surface area contributed by atoms with Crippen LogP contribution in [0.15, 0.2) is 30.3 Å². The third-order valence-electron chi connectivity index (χ3n) is 2.70. The molecule has 2 aromatic rings. The van der Waals surface area contributed by atoms with E-state index in [1.54, 1.807) is 31.3 Å². The van der Waals surface area contributed by atoms with E-state index in [1.807, 2.05) is 0 Å². The number of amides is 2. The van der Waals surface area contributed by atoms with E-state index in [4.69, 9.17) is 11.6 Å². The van der Waals surface area contributed by atoms with E-state index < -0.39 is 0 Å². The fourth-order valence-electron chi connectivity index (χ4n) is 1.65. The molecule has 0 aliphatic heterocycles. The number of rotatable bonds is 3. The van der Waals surface area contributed by atoms with E-state index in [0.29, 0.717) is 16.4 Å². The molecule has 0 aliphatic rings. The quantitative estimate of drug-likeness (QED) is 0.904. The lowest BCUT2D eigenvalue weighted by Crippen LogP contribution is -2.18. The average molecular weight is 293 g/mol. The number of carbonyl (C=O) groups is 2. The molecule has 6 nitrogen and oxygen atoms in total. The Bertz CT molecular complexity index is 666. The molecule has 1 heterocycles. The number of aromatic nitrogens is 2. The third kappa shape index (κ3) is 2.80. The molecule has 0 radical (unpaired) electrons. The van der Waals surface area contributed by atoms with Gasteiger partial charge < -0.3 is 10.6 Å². The second kappa shape index (κ2) is 5.75. The van der Waals surface area contributed by atoms with Crippen LogP contribution in [-0.2, 0) is 7.05 Å². The van der Waals surface area contributed by atoms with E-state index in [2.05, 4.69) is 15.7 Å². The molecule has 0 unspecified atom stereocenters. The Labute approximate surface area is 120 Å². The largest absolute Gasteiger partial charge is 0.354 e. The Balaban J connectivity index is 2.22. The smallest absolute Gasteiger partial charge is 0.271 e. The number of nitrogens with one attached hydrogen (secondary N) is 2. The minimum atomic E-state index is -0.359. The number of nitrogens with zero attached hydrogens (tertiary/aromatic N) is 2. The van der Waals surface area contributed by atoms with Gasteiger partial charge in [0.15, 0.2) is 5.69 Å². The van der Waals surface area contributed by atoms with Crippen LogP contribution >= 0.6 is 11.6 Å². The lowest BCUT2D eigenvalue weighted by atomic mass is 10.2. The van der Waals surface area contributed by atoms with Crippen molar-refractivity contribution in [1.29, 1.82) is 0 Å². The van der Waals surface area contributed by atoms with Crippen molar-refractivity contribution >= 4 is 29.2 Å². The van der Waals surface area contributed by atoms with Gasteiger partial charge in [0.2, 0.25) is 0 Å². The van der Waals surface area contributed by atoms with Gasteiger partial charge in [0.1, 0.15) is 5.82 Å². The zero-order valence-corrected chi connectivity index (χ0v) is 11.7. The SMILES string of the molecule is CNC(=O)c1cc(NC(=O)c2ccccc2Cl)n(C)n1. The maximum Gasteiger partial charge on any atom is 0.271 e. The van der Waals surface area contributed by atoms with Gasteiger partial charge in [0.05, 0.1) is 10.6 Å². The summed E-state index contributed by atoms with van der Waals surface area (Å²) in [5, 5.41) is 9.50. The molecule has 2 amide bonds. The number of carbonyl (C=O) groups excluding carboxylic acids is 2.